The van der Waals surface area contributed by atoms with Gasteiger partial charge in [-0.3, -0.25) is 4.79 Å². The smallest absolute Gasteiger partial charge is 0.377 e. The molecule has 0 amide bonds. The van der Waals surface area contributed by atoms with E-state index in [2.05, 4.69) is 0 Å². The van der Waals surface area contributed by atoms with Gasteiger partial charge in [0.15, 0.2) is 0 Å². The Morgan fingerprint density at radius 2 is 1.79 bits per heavy atom. The highest BCUT2D eigenvalue weighted by atomic mass is 19.1. The van der Waals surface area contributed by atoms with E-state index in [1.807, 2.05) is 0 Å². The summed E-state index contributed by atoms with van der Waals surface area (Å²) in [6, 6.07) is 1.37. The summed E-state index contributed by atoms with van der Waals surface area (Å²) in [5.74, 6) is -5.13. The van der Waals surface area contributed by atoms with Gasteiger partial charge in [0.05, 0.1) is 5.56 Å². The lowest BCUT2D eigenvalue weighted by molar-refractivity contribution is -0.131. The van der Waals surface area contributed by atoms with Crippen molar-refractivity contribution in [1.82, 2.24) is 0 Å². The Morgan fingerprint density at radius 1 is 1.21 bits per heavy atom. The predicted octanol–water partition coefficient (Wildman–Crippen LogP) is 1.54. The van der Waals surface area contributed by atoms with Gasteiger partial charge in [0, 0.05) is 6.07 Å². The van der Waals surface area contributed by atoms with Gasteiger partial charge in [-0.05, 0) is 18.6 Å². The number of rotatable bonds is 2. The molecule has 1 N–H and O–H groups in total. The van der Waals surface area contributed by atoms with Gasteiger partial charge in [-0.25, -0.2) is 13.6 Å². The van der Waals surface area contributed by atoms with Crippen LogP contribution in [0.15, 0.2) is 12.1 Å². The maximum atomic E-state index is 12.9. The lowest BCUT2D eigenvalue weighted by Crippen LogP contribution is -2.15. The first kappa shape index (κ1) is 10.3. The van der Waals surface area contributed by atoms with Gasteiger partial charge in [-0.1, -0.05) is 0 Å². The van der Waals surface area contributed by atoms with E-state index in [-0.39, 0.29) is 5.56 Å². The Balaban J connectivity index is 3.29. The molecule has 74 valence electrons. The highest BCUT2D eigenvalue weighted by Gasteiger charge is 2.20. The van der Waals surface area contributed by atoms with Crippen LogP contribution in [0, 0.1) is 18.6 Å². The van der Waals surface area contributed by atoms with Crippen molar-refractivity contribution in [2.24, 2.45) is 0 Å². The standard InChI is InChI=1S/C9H6F2O3/c1-4-2-5(8(12)9(13)14)7(11)3-6(4)10/h2-3H,1H3,(H,13,14). The summed E-state index contributed by atoms with van der Waals surface area (Å²) in [7, 11) is 0. The third kappa shape index (κ3) is 1.76. The van der Waals surface area contributed by atoms with Gasteiger partial charge in [-0.2, -0.15) is 0 Å². The molecule has 0 bridgehead atoms. The van der Waals surface area contributed by atoms with Crippen molar-refractivity contribution in [2.75, 3.05) is 0 Å². The van der Waals surface area contributed by atoms with Crippen LogP contribution >= 0.6 is 0 Å². The third-order valence-electron chi connectivity index (χ3n) is 1.69. The molecular formula is C9H6F2O3. The van der Waals surface area contributed by atoms with Crippen LogP contribution in [0.25, 0.3) is 0 Å². The molecule has 0 aromatic heterocycles. The molecule has 14 heavy (non-hydrogen) atoms. The van der Waals surface area contributed by atoms with E-state index in [1.54, 1.807) is 0 Å². The lowest BCUT2D eigenvalue weighted by Gasteiger charge is -2.01. The van der Waals surface area contributed by atoms with Gasteiger partial charge in [-0.15, -0.1) is 0 Å². The second-order valence-electron chi connectivity index (χ2n) is 2.72. The zero-order valence-electron chi connectivity index (χ0n) is 7.17. The van der Waals surface area contributed by atoms with Crippen LogP contribution in [0.1, 0.15) is 15.9 Å². The fourth-order valence-corrected chi connectivity index (χ4v) is 0.946. The molecule has 0 saturated heterocycles. The normalized spacial score (nSPS) is 9.93. The van der Waals surface area contributed by atoms with Crippen molar-refractivity contribution < 1.29 is 23.5 Å². The van der Waals surface area contributed by atoms with E-state index < -0.39 is 29.0 Å². The second-order valence-corrected chi connectivity index (χ2v) is 2.72. The van der Waals surface area contributed by atoms with Gasteiger partial charge in [0.1, 0.15) is 11.6 Å². The predicted molar refractivity (Wildman–Crippen MR) is 43.1 cm³/mol. The number of carboxylic acid groups (broad SMARTS) is 1. The van der Waals surface area contributed by atoms with Crippen molar-refractivity contribution in [1.29, 1.82) is 0 Å². The van der Waals surface area contributed by atoms with Crippen LogP contribution in [-0.2, 0) is 4.79 Å². The van der Waals surface area contributed by atoms with Crippen LogP contribution in [0.2, 0.25) is 0 Å². The van der Waals surface area contributed by atoms with E-state index >= 15 is 0 Å². The van der Waals surface area contributed by atoms with E-state index in [4.69, 9.17) is 5.11 Å². The summed E-state index contributed by atoms with van der Waals surface area (Å²) < 4.78 is 25.6. The second kappa shape index (κ2) is 3.53. The molecule has 1 aromatic carbocycles. The zero-order chi connectivity index (χ0) is 10.9. The van der Waals surface area contributed by atoms with E-state index in [1.165, 1.54) is 6.92 Å². The maximum absolute atomic E-state index is 12.9. The largest absolute Gasteiger partial charge is 0.475 e. The molecule has 1 aromatic rings. The Hall–Kier alpha value is -1.78. The summed E-state index contributed by atoms with van der Waals surface area (Å²) in [4.78, 5) is 21.1. The van der Waals surface area contributed by atoms with Gasteiger partial charge in [0.2, 0.25) is 0 Å². The number of carbonyl (C=O) groups excluding carboxylic acids is 1. The maximum Gasteiger partial charge on any atom is 0.377 e. The number of benzene rings is 1. The van der Waals surface area contributed by atoms with Crippen molar-refractivity contribution in [3.63, 3.8) is 0 Å². The first-order valence-corrected chi connectivity index (χ1v) is 3.66. The monoisotopic (exact) mass is 200 g/mol. The number of hydrogen-bond acceptors (Lipinski definition) is 2. The number of Topliss-reactive ketones (excluding diaryl/α,β-unsaturated/α-hetero) is 1. The molecule has 5 heteroatoms. The lowest BCUT2D eigenvalue weighted by atomic mass is 10.1. The first-order valence-electron chi connectivity index (χ1n) is 3.66. The fraction of sp³-hybridized carbons (Fsp3) is 0.111. The van der Waals surface area contributed by atoms with Crippen LogP contribution in [-0.4, -0.2) is 16.9 Å². The van der Waals surface area contributed by atoms with Gasteiger partial charge >= 0.3 is 5.97 Å². The SMILES string of the molecule is Cc1cc(C(=O)C(=O)O)c(F)cc1F. The number of carbonyl (C=O) groups is 2. The zero-order valence-corrected chi connectivity index (χ0v) is 7.17. The molecule has 0 radical (unpaired) electrons. The number of ketones is 1. The number of carboxylic acids is 1. The van der Waals surface area contributed by atoms with Crippen molar-refractivity contribution in [3.8, 4) is 0 Å². The average Bonchev–Trinajstić information content (AvgIpc) is 2.10. The molecule has 0 aliphatic rings. The number of halogens is 2. The highest BCUT2D eigenvalue weighted by Crippen LogP contribution is 2.14. The Labute approximate surface area is 78.0 Å². The molecule has 0 fully saturated rings. The van der Waals surface area contributed by atoms with Crippen molar-refractivity contribution >= 4 is 11.8 Å². The fourth-order valence-electron chi connectivity index (χ4n) is 0.946. The van der Waals surface area contributed by atoms with Crippen LogP contribution < -0.4 is 0 Å². The molecule has 0 atom stereocenters. The van der Waals surface area contributed by atoms with E-state index in [9.17, 15) is 18.4 Å². The Kier molecular flexibility index (Phi) is 2.60. The van der Waals surface area contributed by atoms with E-state index in [0.717, 1.165) is 6.07 Å². The van der Waals surface area contributed by atoms with Gasteiger partial charge in [0.25, 0.3) is 5.78 Å². The van der Waals surface area contributed by atoms with Gasteiger partial charge < -0.3 is 5.11 Å². The summed E-state index contributed by atoms with van der Waals surface area (Å²) in [6.45, 7) is 1.31. The summed E-state index contributed by atoms with van der Waals surface area (Å²) >= 11 is 0. The summed E-state index contributed by atoms with van der Waals surface area (Å²) in [6.07, 6.45) is 0. The topological polar surface area (TPSA) is 54.4 Å². The van der Waals surface area contributed by atoms with E-state index in [0.29, 0.717) is 6.07 Å². The van der Waals surface area contributed by atoms with Crippen molar-refractivity contribution in [3.05, 3.63) is 34.9 Å². The van der Waals surface area contributed by atoms with Crippen LogP contribution in [0.5, 0.6) is 0 Å². The average molecular weight is 200 g/mol. The minimum atomic E-state index is -1.77. The highest BCUT2D eigenvalue weighted by molar-refractivity contribution is 6.39. The molecule has 0 heterocycles. The Bertz CT molecular complexity index is 413. The molecule has 0 aliphatic heterocycles. The molecule has 0 unspecified atom stereocenters. The summed E-state index contributed by atoms with van der Waals surface area (Å²) in [5, 5.41) is 8.31. The molecule has 3 nitrogen and oxygen atoms in total. The Morgan fingerprint density at radius 3 is 2.29 bits per heavy atom. The molecule has 0 aliphatic carbocycles. The van der Waals surface area contributed by atoms with Crippen molar-refractivity contribution in [2.45, 2.75) is 6.92 Å². The number of aliphatic carboxylic acids is 1. The quantitative estimate of drug-likeness (QED) is 0.582. The van der Waals surface area contributed by atoms with Crippen LogP contribution in [0.3, 0.4) is 0 Å². The number of hydrogen-bond donors (Lipinski definition) is 1. The third-order valence-corrected chi connectivity index (χ3v) is 1.69. The summed E-state index contributed by atoms with van der Waals surface area (Å²) in [5.41, 5.74) is -0.604. The molecule has 0 spiro atoms. The minimum absolute atomic E-state index is 0.0241. The molecule has 1 rings (SSSR count). The molecule has 0 saturated carbocycles. The van der Waals surface area contributed by atoms with Crippen LogP contribution in [0.4, 0.5) is 8.78 Å². The number of aryl methyl sites for hydroxylation is 1. The molecular weight excluding hydrogens is 194 g/mol. The first-order chi connectivity index (χ1) is 6.43. The minimum Gasteiger partial charge on any atom is -0.475 e.